The predicted molar refractivity (Wildman–Crippen MR) is 89.1 cm³/mol. The van der Waals surface area contributed by atoms with E-state index in [1.807, 2.05) is 0 Å². The number of rotatable bonds is 6. The van der Waals surface area contributed by atoms with Crippen molar-refractivity contribution in [3.63, 3.8) is 0 Å². The molecule has 0 spiro atoms. The molecule has 20 heavy (non-hydrogen) atoms. The van der Waals surface area contributed by atoms with Crippen LogP contribution in [0.15, 0.2) is 28.7 Å². The molecule has 1 fully saturated rings. The van der Waals surface area contributed by atoms with E-state index in [-0.39, 0.29) is 0 Å². The standard InChI is InChI=1S/C16H26BrN3/c1-3-16(14-5-4-6-15(17)13-14)18-7-8-20-11-9-19(2)10-12-20/h4-6,13,16,18H,3,7-12H2,1-2H3. The molecule has 0 aromatic heterocycles. The van der Waals surface area contributed by atoms with E-state index in [1.165, 1.54) is 31.7 Å². The molecule has 112 valence electrons. The van der Waals surface area contributed by atoms with Crippen LogP contribution >= 0.6 is 15.9 Å². The molecule has 0 amide bonds. The third-order valence-corrected chi connectivity index (χ3v) is 4.57. The number of halogens is 1. The fourth-order valence-electron chi connectivity index (χ4n) is 2.69. The lowest BCUT2D eigenvalue weighted by Crippen LogP contribution is -2.46. The molecular weight excluding hydrogens is 314 g/mol. The zero-order valence-electron chi connectivity index (χ0n) is 12.6. The van der Waals surface area contributed by atoms with E-state index < -0.39 is 0 Å². The van der Waals surface area contributed by atoms with E-state index >= 15 is 0 Å². The average Bonchev–Trinajstić information content (AvgIpc) is 2.45. The Labute approximate surface area is 131 Å². The third-order valence-electron chi connectivity index (χ3n) is 4.07. The molecule has 1 aromatic carbocycles. The van der Waals surface area contributed by atoms with Crippen molar-refractivity contribution < 1.29 is 0 Å². The highest BCUT2D eigenvalue weighted by Gasteiger charge is 2.14. The van der Waals surface area contributed by atoms with Gasteiger partial charge in [-0.05, 0) is 31.2 Å². The summed E-state index contributed by atoms with van der Waals surface area (Å²) in [6, 6.07) is 9.09. The maximum absolute atomic E-state index is 3.70. The zero-order chi connectivity index (χ0) is 14.4. The van der Waals surface area contributed by atoms with Crippen LogP contribution in [-0.2, 0) is 0 Å². The van der Waals surface area contributed by atoms with Crippen LogP contribution in [0, 0.1) is 0 Å². The summed E-state index contributed by atoms with van der Waals surface area (Å²) < 4.78 is 1.16. The molecule has 0 aliphatic carbocycles. The highest BCUT2D eigenvalue weighted by Crippen LogP contribution is 2.20. The van der Waals surface area contributed by atoms with E-state index in [2.05, 4.69) is 69.3 Å². The van der Waals surface area contributed by atoms with Crippen molar-refractivity contribution in [3.05, 3.63) is 34.3 Å². The average molecular weight is 340 g/mol. The molecule has 2 rings (SSSR count). The highest BCUT2D eigenvalue weighted by molar-refractivity contribution is 9.10. The second-order valence-electron chi connectivity index (χ2n) is 5.61. The fraction of sp³-hybridized carbons (Fsp3) is 0.625. The Morgan fingerprint density at radius 1 is 1.25 bits per heavy atom. The SMILES string of the molecule is CCC(NCCN1CCN(C)CC1)c1cccc(Br)c1. The number of benzene rings is 1. The summed E-state index contributed by atoms with van der Waals surface area (Å²) in [7, 11) is 2.20. The van der Waals surface area contributed by atoms with Gasteiger partial charge in [0.05, 0.1) is 0 Å². The Morgan fingerprint density at radius 2 is 2.00 bits per heavy atom. The van der Waals surface area contributed by atoms with Crippen LogP contribution in [0.4, 0.5) is 0 Å². The Kier molecular flexibility index (Phi) is 6.49. The molecule has 1 aliphatic rings. The van der Waals surface area contributed by atoms with Crippen LogP contribution < -0.4 is 5.32 Å². The number of hydrogen-bond donors (Lipinski definition) is 1. The van der Waals surface area contributed by atoms with Crippen molar-refractivity contribution in [1.29, 1.82) is 0 Å². The van der Waals surface area contributed by atoms with Gasteiger partial charge in [0.25, 0.3) is 0 Å². The number of nitrogens with zero attached hydrogens (tertiary/aromatic N) is 2. The lowest BCUT2D eigenvalue weighted by Gasteiger charge is -2.32. The second kappa shape index (κ2) is 8.13. The summed E-state index contributed by atoms with van der Waals surface area (Å²) in [6.07, 6.45) is 1.12. The minimum Gasteiger partial charge on any atom is -0.309 e. The van der Waals surface area contributed by atoms with Gasteiger partial charge in [-0.3, -0.25) is 4.90 Å². The molecule has 1 aromatic rings. The molecule has 0 bridgehead atoms. The van der Waals surface area contributed by atoms with E-state index in [4.69, 9.17) is 0 Å². The van der Waals surface area contributed by atoms with Crippen LogP contribution in [-0.4, -0.2) is 56.1 Å². The Morgan fingerprint density at radius 3 is 2.65 bits per heavy atom. The number of piperazine rings is 1. The van der Waals surface area contributed by atoms with E-state index in [0.717, 1.165) is 24.0 Å². The minimum absolute atomic E-state index is 0.458. The first kappa shape index (κ1) is 16.0. The van der Waals surface area contributed by atoms with E-state index in [1.54, 1.807) is 0 Å². The van der Waals surface area contributed by atoms with Gasteiger partial charge in [0.1, 0.15) is 0 Å². The van der Waals surface area contributed by atoms with Crippen molar-refractivity contribution in [2.75, 3.05) is 46.3 Å². The van der Waals surface area contributed by atoms with Crippen molar-refractivity contribution in [1.82, 2.24) is 15.1 Å². The number of hydrogen-bond acceptors (Lipinski definition) is 3. The van der Waals surface area contributed by atoms with E-state index in [9.17, 15) is 0 Å². The third kappa shape index (κ3) is 4.85. The summed E-state index contributed by atoms with van der Waals surface area (Å²) in [5.74, 6) is 0. The Bertz CT molecular complexity index is 402. The first-order valence-corrected chi connectivity index (χ1v) is 8.38. The van der Waals surface area contributed by atoms with Gasteiger partial charge in [-0.25, -0.2) is 0 Å². The smallest absolute Gasteiger partial charge is 0.0318 e. The molecule has 3 nitrogen and oxygen atoms in total. The maximum Gasteiger partial charge on any atom is 0.0318 e. The summed E-state index contributed by atoms with van der Waals surface area (Å²) in [5, 5.41) is 3.70. The molecule has 1 unspecified atom stereocenters. The summed E-state index contributed by atoms with van der Waals surface area (Å²) in [6.45, 7) is 9.25. The van der Waals surface area contributed by atoms with Gasteiger partial charge in [-0.1, -0.05) is 35.0 Å². The quantitative estimate of drug-likeness (QED) is 0.859. The van der Waals surface area contributed by atoms with Gasteiger partial charge in [-0.15, -0.1) is 0 Å². The molecule has 0 saturated carbocycles. The molecule has 0 radical (unpaired) electrons. The molecule has 1 aliphatic heterocycles. The van der Waals surface area contributed by atoms with Gasteiger partial charge in [0.15, 0.2) is 0 Å². The van der Waals surface area contributed by atoms with Gasteiger partial charge < -0.3 is 10.2 Å². The Hall–Kier alpha value is -0.420. The van der Waals surface area contributed by atoms with Crippen molar-refractivity contribution in [2.45, 2.75) is 19.4 Å². The van der Waals surface area contributed by atoms with Crippen molar-refractivity contribution in [2.24, 2.45) is 0 Å². The monoisotopic (exact) mass is 339 g/mol. The topological polar surface area (TPSA) is 18.5 Å². The summed E-state index contributed by atoms with van der Waals surface area (Å²) in [4.78, 5) is 4.96. The molecule has 1 N–H and O–H groups in total. The lowest BCUT2D eigenvalue weighted by atomic mass is 10.0. The van der Waals surface area contributed by atoms with Gasteiger partial charge in [-0.2, -0.15) is 0 Å². The Balaban J connectivity index is 1.76. The molecule has 1 saturated heterocycles. The predicted octanol–water partition coefficient (Wildman–Crippen LogP) is 2.74. The van der Waals surface area contributed by atoms with E-state index in [0.29, 0.717) is 6.04 Å². The zero-order valence-corrected chi connectivity index (χ0v) is 14.2. The first-order chi connectivity index (χ1) is 9.69. The molecule has 1 atom stereocenters. The lowest BCUT2D eigenvalue weighted by molar-refractivity contribution is 0.153. The minimum atomic E-state index is 0.458. The van der Waals surface area contributed by atoms with Crippen molar-refractivity contribution in [3.8, 4) is 0 Å². The molecule has 1 heterocycles. The van der Waals surface area contributed by atoms with Gasteiger partial charge >= 0.3 is 0 Å². The number of likely N-dealkylation sites (N-methyl/N-ethyl adjacent to an activating group) is 1. The highest BCUT2D eigenvalue weighted by atomic mass is 79.9. The molecule has 4 heteroatoms. The first-order valence-electron chi connectivity index (χ1n) is 7.58. The van der Waals surface area contributed by atoms with Gasteiger partial charge in [0, 0.05) is 49.8 Å². The summed E-state index contributed by atoms with van der Waals surface area (Å²) >= 11 is 3.56. The van der Waals surface area contributed by atoms with Crippen LogP contribution in [0.3, 0.4) is 0 Å². The molecular formula is C16H26BrN3. The van der Waals surface area contributed by atoms with Crippen LogP contribution in [0.1, 0.15) is 24.9 Å². The van der Waals surface area contributed by atoms with Crippen LogP contribution in [0.25, 0.3) is 0 Å². The van der Waals surface area contributed by atoms with Crippen LogP contribution in [0.2, 0.25) is 0 Å². The van der Waals surface area contributed by atoms with Gasteiger partial charge in [0.2, 0.25) is 0 Å². The largest absolute Gasteiger partial charge is 0.309 e. The maximum atomic E-state index is 3.70. The number of nitrogens with one attached hydrogen (secondary N) is 1. The van der Waals surface area contributed by atoms with Crippen molar-refractivity contribution >= 4 is 15.9 Å². The fourth-order valence-corrected chi connectivity index (χ4v) is 3.11. The second-order valence-corrected chi connectivity index (χ2v) is 6.53. The summed E-state index contributed by atoms with van der Waals surface area (Å²) in [5.41, 5.74) is 1.38. The van der Waals surface area contributed by atoms with Crippen LogP contribution in [0.5, 0.6) is 0 Å². The normalized spacial score (nSPS) is 19.1.